The second-order valence-electron chi connectivity index (χ2n) is 6.44. The molecule has 0 aliphatic carbocycles. The molecule has 1 fully saturated rings. The fourth-order valence-corrected chi connectivity index (χ4v) is 3.98. The Morgan fingerprint density at radius 2 is 2.30 bits per heavy atom. The van der Waals surface area contributed by atoms with E-state index in [1.165, 1.54) is 9.75 Å². The van der Waals surface area contributed by atoms with Crippen molar-refractivity contribution in [3.05, 3.63) is 29.0 Å². The smallest absolute Gasteiger partial charge is 0.226 e. The van der Waals surface area contributed by atoms with Crippen LogP contribution < -0.4 is 0 Å². The molecule has 0 saturated carbocycles. The Bertz CT molecular complexity index is 675. The molecule has 124 valence electrons. The summed E-state index contributed by atoms with van der Waals surface area (Å²) in [6.07, 6.45) is 6.04. The predicted octanol–water partition coefficient (Wildman–Crippen LogP) is 4.55. The number of carbonyl (C=O) groups excluding carboxylic acids is 1. The van der Waals surface area contributed by atoms with Gasteiger partial charge in [-0.05, 0) is 44.7 Å². The summed E-state index contributed by atoms with van der Waals surface area (Å²) in [5.74, 6) is 1.29. The number of nitrogens with zero attached hydrogens (tertiary/aromatic N) is 2. The SMILES string of the molecule is CCC(C)C(=O)N1CCCCC1c1ncc(-c2ccc(C)s2)[nH]1. The van der Waals surface area contributed by atoms with Gasteiger partial charge in [0.2, 0.25) is 5.91 Å². The van der Waals surface area contributed by atoms with E-state index in [0.29, 0.717) is 0 Å². The summed E-state index contributed by atoms with van der Waals surface area (Å²) in [6.45, 7) is 7.06. The Kier molecular flexibility index (Phi) is 4.85. The highest BCUT2D eigenvalue weighted by atomic mass is 32.1. The first-order valence-electron chi connectivity index (χ1n) is 8.52. The molecule has 0 aromatic carbocycles. The van der Waals surface area contributed by atoms with E-state index in [4.69, 9.17) is 0 Å². The van der Waals surface area contributed by atoms with Crippen molar-refractivity contribution in [2.45, 2.75) is 52.5 Å². The summed E-state index contributed by atoms with van der Waals surface area (Å²) in [6, 6.07) is 4.35. The third-order valence-corrected chi connectivity index (χ3v) is 5.77. The summed E-state index contributed by atoms with van der Waals surface area (Å²) >= 11 is 1.76. The van der Waals surface area contributed by atoms with E-state index in [1.807, 2.05) is 18.0 Å². The van der Waals surface area contributed by atoms with Gasteiger partial charge in [-0.25, -0.2) is 4.98 Å². The first-order chi connectivity index (χ1) is 11.1. The number of aromatic nitrogens is 2. The van der Waals surface area contributed by atoms with Crippen molar-refractivity contribution in [1.82, 2.24) is 14.9 Å². The third kappa shape index (κ3) is 3.34. The molecular weight excluding hydrogens is 306 g/mol. The van der Waals surface area contributed by atoms with Gasteiger partial charge < -0.3 is 9.88 Å². The van der Waals surface area contributed by atoms with Crippen LogP contribution in [0.15, 0.2) is 18.3 Å². The van der Waals surface area contributed by atoms with Crippen molar-refractivity contribution in [3.63, 3.8) is 0 Å². The first-order valence-corrected chi connectivity index (χ1v) is 9.34. The van der Waals surface area contributed by atoms with Gasteiger partial charge in [-0.3, -0.25) is 4.79 Å². The van der Waals surface area contributed by atoms with Crippen LogP contribution in [0.25, 0.3) is 10.6 Å². The standard InChI is InChI=1S/C18H25N3OS/c1-4-12(2)18(22)21-10-6-5-7-15(21)17-19-11-14(20-17)16-9-8-13(3)23-16/h8-9,11-12,15H,4-7,10H2,1-3H3,(H,19,20). The van der Waals surface area contributed by atoms with Crippen LogP contribution in [0.5, 0.6) is 0 Å². The third-order valence-electron chi connectivity index (χ3n) is 4.74. The van der Waals surface area contributed by atoms with Crippen LogP contribution in [-0.4, -0.2) is 27.3 Å². The molecule has 3 heterocycles. The van der Waals surface area contributed by atoms with Crippen molar-refractivity contribution in [1.29, 1.82) is 0 Å². The molecule has 5 heteroatoms. The fourth-order valence-electron chi connectivity index (χ4n) is 3.15. The van der Waals surface area contributed by atoms with Gasteiger partial charge in [-0.15, -0.1) is 11.3 Å². The van der Waals surface area contributed by atoms with Crippen molar-refractivity contribution in [3.8, 4) is 10.6 Å². The molecule has 4 nitrogen and oxygen atoms in total. The largest absolute Gasteiger partial charge is 0.340 e. The first kappa shape index (κ1) is 16.2. The lowest BCUT2D eigenvalue weighted by Gasteiger charge is -2.36. The minimum atomic E-state index is 0.0879. The number of carbonyl (C=O) groups is 1. The second kappa shape index (κ2) is 6.87. The average Bonchev–Trinajstić information content (AvgIpc) is 3.22. The minimum absolute atomic E-state index is 0.0879. The van der Waals surface area contributed by atoms with Crippen LogP contribution in [0.1, 0.15) is 56.3 Å². The summed E-state index contributed by atoms with van der Waals surface area (Å²) < 4.78 is 0. The number of rotatable bonds is 4. The Morgan fingerprint density at radius 3 is 3.00 bits per heavy atom. The lowest BCUT2D eigenvalue weighted by atomic mass is 9.98. The van der Waals surface area contributed by atoms with Crippen LogP contribution in [0.4, 0.5) is 0 Å². The Hall–Kier alpha value is -1.62. The van der Waals surface area contributed by atoms with Gasteiger partial charge in [0.1, 0.15) is 5.82 Å². The number of aromatic amines is 1. The molecule has 0 bridgehead atoms. The average molecular weight is 331 g/mol. The number of aryl methyl sites for hydroxylation is 1. The monoisotopic (exact) mass is 331 g/mol. The second-order valence-corrected chi connectivity index (χ2v) is 7.73. The summed E-state index contributed by atoms with van der Waals surface area (Å²) in [5.41, 5.74) is 1.06. The number of hydrogen-bond donors (Lipinski definition) is 1. The highest BCUT2D eigenvalue weighted by molar-refractivity contribution is 7.15. The molecule has 0 radical (unpaired) electrons. The number of thiophene rings is 1. The fraction of sp³-hybridized carbons (Fsp3) is 0.556. The molecule has 1 N–H and O–H groups in total. The van der Waals surface area contributed by atoms with E-state index in [2.05, 4.69) is 35.9 Å². The van der Waals surface area contributed by atoms with Crippen LogP contribution in [0.3, 0.4) is 0 Å². The van der Waals surface area contributed by atoms with Gasteiger partial charge in [0.15, 0.2) is 0 Å². The molecule has 2 aromatic heterocycles. The Morgan fingerprint density at radius 1 is 1.48 bits per heavy atom. The molecule has 2 atom stereocenters. The quantitative estimate of drug-likeness (QED) is 0.893. The highest BCUT2D eigenvalue weighted by Gasteiger charge is 2.31. The maximum atomic E-state index is 12.7. The molecule has 2 unspecified atom stereocenters. The lowest BCUT2D eigenvalue weighted by molar-refractivity contribution is -0.139. The van der Waals surface area contributed by atoms with Crippen molar-refractivity contribution in [2.75, 3.05) is 6.54 Å². The van der Waals surface area contributed by atoms with Crippen molar-refractivity contribution >= 4 is 17.2 Å². The molecule has 1 aliphatic rings. The van der Waals surface area contributed by atoms with Gasteiger partial charge in [0.25, 0.3) is 0 Å². The minimum Gasteiger partial charge on any atom is -0.340 e. The van der Waals surface area contributed by atoms with E-state index >= 15 is 0 Å². The number of nitrogens with one attached hydrogen (secondary N) is 1. The summed E-state index contributed by atoms with van der Waals surface area (Å²) in [5, 5.41) is 0. The summed E-state index contributed by atoms with van der Waals surface area (Å²) in [7, 11) is 0. The number of piperidine rings is 1. The highest BCUT2D eigenvalue weighted by Crippen LogP contribution is 2.33. The van der Waals surface area contributed by atoms with Gasteiger partial charge >= 0.3 is 0 Å². The molecule has 3 rings (SSSR count). The van der Waals surface area contributed by atoms with E-state index in [-0.39, 0.29) is 17.9 Å². The molecule has 23 heavy (non-hydrogen) atoms. The maximum Gasteiger partial charge on any atom is 0.226 e. The van der Waals surface area contributed by atoms with Crippen molar-refractivity contribution in [2.24, 2.45) is 5.92 Å². The van der Waals surface area contributed by atoms with E-state index in [9.17, 15) is 4.79 Å². The predicted molar refractivity (Wildman–Crippen MR) is 94.4 cm³/mol. The van der Waals surface area contributed by atoms with Gasteiger partial charge in [0, 0.05) is 17.3 Å². The van der Waals surface area contributed by atoms with Gasteiger partial charge in [0.05, 0.1) is 22.8 Å². The van der Waals surface area contributed by atoms with Crippen LogP contribution in [0, 0.1) is 12.8 Å². The van der Waals surface area contributed by atoms with Crippen LogP contribution in [-0.2, 0) is 4.79 Å². The molecular formula is C18H25N3OS. The number of H-pyrrole nitrogens is 1. The molecule has 1 aliphatic heterocycles. The summed E-state index contributed by atoms with van der Waals surface area (Å²) in [4.78, 5) is 25.3. The molecule has 2 aromatic rings. The number of imidazole rings is 1. The van der Waals surface area contributed by atoms with E-state index in [1.54, 1.807) is 11.3 Å². The van der Waals surface area contributed by atoms with Crippen LogP contribution >= 0.6 is 11.3 Å². The zero-order valence-electron chi connectivity index (χ0n) is 14.1. The number of hydrogen-bond acceptors (Lipinski definition) is 3. The zero-order chi connectivity index (χ0) is 16.4. The number of likely N-dealkylation sites (tertiary alicyclic amines) is 1. The molecule has 1 saturated heterocycles. The normalized spacial score (nSPS) is 19.8. The van der Waals surface area contributed by atoms with Crippen LogP contribution in [0.2, 0.25) is 0 Å². The Labute approximate surface area is 141 Å². The maximum absolute atomic E-state index is 12.7. The molecule has 0 spiro atoms. The van der Waals surface area contributed by atoms with E-state index in [0.717, 1.165) is 43.7 Å². The van der Waals surface area contributed by atoms with E-state index < -0.39 is 0 Å². The topological polar surface area (TPSA) is 49.0 Å². The lowest BCUT2D eigenvalue weighted by Crippen LogP contribution is -2.41. The van der Waals surface area contributed by atoms with Crippen molar-refractivity contribution < 1.29 is 4.79 Å². The van der Waals surface area contributed by atoms with Gasteiger partial charge in [-0.2, -0.15) is 0 Å². The Balaban J connectivity index is 1.83. The van der Waals surface area contributed by atoms with Gasteiger partial charge in [-0.1, -0.05) is 13.8 Å². The zero-order valence-corrected chi connectivity index (χ0v) is 14.9. The number of amides is 1. The molecule has 1 amide bonds.